The van der Waals surface area contributed by atoms with Gasteiger partial charge < -0.3 is 5.73 Å². The van der Waals surface area contributed by atoms with Crippen LogP contribution in [0.2, 0.25) is 0 Å². The average molecular weight is 242 g/mol. The first-order valence-corrected chi connectivity index (χ1v) is 7.70. The summed E-state index contributed by atoms with van der Waals surface area (Å²) in [6, 6.07) is 0.755. The summed E-state index contributed by atoms with van der Waals surface area (Å²) in [5.74, 6) is 2.63. The van der Waals surface area contributed by atoms with Crippen molar-refractivity contribution in [1.29, 1.82) is 0 Å². The highest BCUT2D eigenvalue weighted by Crippen LogP contribution is 2.50. The number of nitrogens with two attached hydrogens (primary N) is 1. The minimum Gasteiger partial charge on any atom is -0.329 e. The highest BCUT2D eigenvalue weighted by atomic mass is 32.2. The van der Waals surface area contributed by atoms with E-state index in [1.54, 1.807) is 0 Å². The van der Waals surface area contributed by atoms with Crippen LogP contribution in [0.1, 0.15) is 39.5 Å². The van der Waals surface area contributed by atoms with Crippen LogP contribution in [-0.4, -0.2) is 41.6 Å². The molecule has 0 aromatic rings. The zero-order valence-corrected chi connectivity index (χ0v) is 11.8. The van der Waals surface area contributed by atoms with Crippen molar-refractivity contribution in [2.75, 3.05) is 25.1 Å². The molecule has 2 fully saturated rings. The number of likely N-dealkylation sites (N-methyl/N-ethyl adjacent to an activating group) is 1. The summed E-state index contributed by atoms with van der Waals surface area (Å²) in [4.78, 5) is 2.64. The van der Waals surface area contributed by atoms with Crippen molar-refractivity contribution in [3.05, 3.63) is 0 Å². The van der Waals surface area contributed by atoms with Crippen molar-refractivity contribution in [3.63, 3.8) is 0 Å². The lowest BCUT2D eigenvalue weighted by Gasteiger charge is -2.50. The molecule has 1 aliphatic carbocycles. The van der Waals surface area contributed by atoms with Gasteiger partial charge in [-0.25, -0.2) is 0 Å². The van der Waals surface area contributed by atoms with Crippen LogP contribution in [0.3, 0.4) is 0 Å². The molecule has 1 saturated carbocycles. The molecule has 2 nitrogen and oxygen atoms in total. The predicted octanol–water partition coefficient (Wildman–Crippen LogP) is 2.33. The van der Waals surface area contributed by atoms with E-state index in [0.29, 0.717) is 5.41 Å². The third-order valence-corrected chi connectivity index (χ3v) is 6.26. The van der Waals surface area contributed by atoms with Gasteiger partial charge in [-0.2, -0.15) is 11.8 Å². The Bertz CT molecular complexity index is 248. The van der Waals surface area contributed by atoms with E-state index in [2.05, 4.69) is 37.6 Å². The molecular formula is C13H26N2S. The average Bonchev–Trinajstić information content (AvgIpc) is 2.84. The Labute approximate surface area is 104 Å². The summed E-state index contributed by atoms with van der Waals surface area (Å²) in [5, 5.41) is 0. The first-order valence-electron chi connectivity index (χ1n) is 6.54. The number of thioether (sulfide) groups is 1. The summed E-state index contributed by atoms with van der Waals surface area (Å²) in [5.41, 5.74) is 6.80. The monoisotopic (exact) mass is 242 g/mol. The zero-order chi connectivity index (χ0) is 11.8. The van der Waals surface area contributed by atoms with E-state index in [1.807, 2.05) is 0 Å². The fraction of sp³-hybridized carbons (Fsp3) is 1.00. The maximum atomic E-state index is 6.16. The molecule has 94 valence electrons. The number of nitrogens with zero attached hydrogens (tertiary/aromatic N) is 1. The standard InChI is InChI=1S/C13H26N2S/c1-12(2)6-4-7-13(12,10-14)15(3)11-5-8-16-9-11/h11H,4-10,14H2,1-3H3. The largest absolute Gasteiger partial charge is 0.329 e. The predicted molar refractivity (Wildman–Crippen MR) is 72.9 cm³/mol. The van der Waals surface area contributed by atoms with Gasteiger partial charge in [0.1, 0.15) is 0 Å². The Balaban J connectivity index is 2.19. The van der Waals surface area contributed by atoms with Gasteiger partial charge >= 0.3 is 0 Å². The number of hydrogen-bond acceptors (Lipinski definition) is 3. The van der Waals surface area contributed by atoms with E-state index in [9.17, 15) is 0 Å². The molecule has 16 heavy (non-hydrogen) atoms. The van der Waals surface area contributed by atoms with Crippen molar-refractivity contribution < 1.29 is 0 Å². The molecular weight excluding hydrogens is 216 g/mol. The van der Waals surface area contributed by atoms with Crippen LogP contribution in [-0.2, 0) is 0 Å². The fourth-order valence-corrected chi connectivity index (χ4v) is 5.01. The second-order valence-corrected chi connectivity index (χ2v) is 7.25. The van der Waals surface area contributed by atoms with Crippen molar-refractivity contribution in [3.8, 4) is 0 Å². The van der Waals surface area contributed by atoms with Crippen molar-refractivity contribution in [2.45, 2.75) is 51.1 Å². The minimum atomic E-state index is 0.253. The molecule has 0 amide bonds. The maximum absolute atomic E-state index is 6.16. The van der Waals surface area contributed by atoms with Crippen molar-refractivity contribution in [2.24, 2.45) is 11.1 Å². The molecule has 1 aliphatic heterocycles. The smallest absolute Gasteiger partial charge is 0.0382 e. The molecule has 0 aromatic heterocycles. The van der Waals surface area contributed by atoms with Gasteiger partial charge in [0.15, 0.2) is 0 Å². The van der Waals surface area contributed by atoms with E-state index in [0.717, 1.165) is 12.6 Å². The first-order chi connectivity index (χ1) is 7.53. The van der Waals surface area contributed by atoms with Crippen LogP contribution in [0, 0.1) is 5.41 Å². The zero-order valence-electron chi connectivity index (χ0n) is 11.0. The molecule has 2 rings (SSSR count). The van der Waals surface area contributed by atoms with E-state index in [1.165, 1.54) is 37.2 Å². The Kier molecular flexibility index (Phi) is 3.58. The lowest BCUT2D eigenvalue weighted by Crippen LogP contribution is -2.61. The lowest BCUT2D eigenvalue weighted by atomic mass is 9.73. The van der Waals surface area contributed by atoms with Crippen LogP contribution in [0.15, 0.2) is 0 Å². The van der Waals surface area contributed by atoms with E-state index in [4.69, 9.17) is 5.73 Å². The van der Waals surface area contributed by atoms with Gasteiger partial charge in [-0.3, -0.25) is 4.90 Å². The molecule has 1 saturated heterocycles. The van der Waals surface area contributed by atoms with E-state index < -0.39 is 0 Å². The highest BCUT2D eigenvalue weighted by molar-refractivity contribution is 7.99. The van der Waals surface area contributed by atoms with Crippen LogP contribution < -0.4 is 5.73 Å². The molecule has 2 aliphatic rings. The summed E-state index contributed by atoms with van der Waals surface area (Å²) in [6.07, 6.45) is 5.30. The molecule has 0 aromatic carbocycles. The van der Waals surface area contributed by atoms with E-state index >= 15 is 0 Å². The second kappa shape index (κ2) is 4.51. The number of hydrogen-bond donors (Lipinski definition) is 1. The first kappa shape index (κ1) is 12.7. The molecule has 1 heterocycles. The topological polar surface area (TPSA) is 29.3 Å². The minimum absolute atomic E-state index is 0.253. The SMILES string of the molecule is CN(C1CCSC1)C1(CN)CCCC1(C)C. The molecule has 2 atom stereocenters. The van der Waals surface area contributed by atoms with Gasteiger partial charge in [0.2, 0.25) is 0 Å². The maximum Gasteiger partial charge on any atom is 0.0382 e. The Hall–Kier alpha value is 0.270. The summed E-state index contributed by atoms with van der Waals surface area (Å²) in [6.45, 7) is 5.63. The van der Waals surface area contributed by atoms with Gasteiger partial charge in [0.25, 0.3) is 0 Å². The van der Waals surface area contributed by atoms with Crippen molar-refractivity contribution in [1.82, 2.24) is 4.90 Å². The molecule has 2 unspecified atom stereocenters. The Morgan fingerprint density at radius 2 is 2.12 bits per heavy atom. The van der Waals surface area contributed by atoms with Gasteiger partial charge in [-0.05, 0) is 37.5 Å². The quantitative estimate of drug-likeness (QED) is 0.823. The lowest BCUT2D eigenvalue weighted by molar-refractivity contribution is 0.00886. The molecule has 3 heteroatoms. The molecule has 0 bridgehead atoms. The third-order valence-electron chi connectivity index (χ3n) is 5.12. The third kappa shape index (κ3) is 1.81. The van der Waals surface area contributed by atoms with Crippen LogP contribution in [0.25, 0.3) is 0 Å². The van der Waals surface area contributed by atoms with Crippen LogP contribution >= 0.6 is 11.8 Å². The Morgan fingerprint density at radius 3 is 2.56 bits per heavy atom. The van der Waals surface area contributed by atoms with Crippen molar-refractivity contribution >= 4 is 11.8 Å². The second-order valence-electron chi connectivity index (χ2n) is 6.10. The highest BCUT2D eigenvalue weighted by Gasteiger charge is 2.52. The van der Waals surface area contributed by atoms with Gasteiger partial charge in [0, 0.05) is 23.9 Å². The molecule has 2 N–H and O–H groups in total. The van der Waals surface area contributed by atoms with E-state index in [-0.39, 0.29) is 5.54 Å². The van der Waals surface area contributed by atoms with Gasteiger partial charge in [-0.15, -0.1) is 0 Å². The normalized spacial score (nSPS) is 38.4. The number of rotatable bonds is 3. The fourth-order valence-electron chi connectivity index (χ4n) is 3.75. The summed E-state index contributed by atoms with van der Waals surface area (Å²) < 4.78 is 0. The summed E-state index contributed by atoms with van der Waals surface area (Å²) >= 11 is 2.10. The molecule has 0 spiro atoms. The van der Waals surface area contributed by atoms with Gasteiger partial charge in [0.05, 0.1) is 0 Å². The van der Waals surface area contributed by atoms with Gasteiger partial charge in [-0.1, -0.05) is 20.3 Å². The molecule has 0 radical (unpaired) electrons. The van der Waals surface area contributed by atoms with Crippen LogP contribution in [0.5, 0.6) is 0 Å². The summed E-state index contributed by atoms with van der Waals surface area (Å²) in [7, 11) is 2.32. The van der Waals surface area contributed by atoms with Crippen LogP contribution in [0.4, 0.5) is 0 Å². The Morgan fingerprint density at radius 1 is 1.38 bits per heavy atom.